The van der Waals surface area contributed by atoms with E-state index < -0.39 is 5.97 Å². The van der Waals surface area contributed by atoms with E-state index in [1.54, 1.807) is 6.08 Å². The second-order valence-electron chi connectivity index (χ2n) is 3.72. The van der Waals surface area contributed by atoms with Crippen molar-refractivity contribution in [1.82, 2.24) is 0 Å². The van der Waals surface area contributed by atoms with Gasteiger partial charge < -0.3 is 10.5 Å². The second kappa shape index (κ2) is 5.96. The number of unbranched alkanes of at least 4 members (excludes halogenated alkanes) is 1. The van der Waals surface area contributed by atoms with Crippen molar-refractivity contribution in [2.75, 3.05) is 6.61 Å². The Labute approximate surface area is 95.4 Å². The summed E-state index contributed by atoms with van der Waals surface area (Å²) < 4.78 is 4.99. The molecule has 1 aliphatic carbocycles. The molecule has 4 heteroatoms. The molecule has 0 saturated heterocycles. The van der Waals surface area contributed by atoms with Crippen molar-refractivity contribution >= 4 is 5.97 Å². The van der Waals surface area contributed by atoms with Gasteiger partial charge in [-0.25, -0.2) is 4.79 Å². The van der Waals surface area contributed by atoms with E-state index in [1.807, 2.05) is 13.0 Å². The fraction of sp³-hybridized carbons (Fsp3) is 0.500. The maximum atomic E-state index is 11.6. The lowest BCUT2D eigenvalue weighted by molar-refractivity contribution is -0.138. The Balaban J connectivity index is 2.69. The first-order valence-corrected chi connectivity index (χ1v) is 5.45. The van der Waals surface area contributed by atoms with Crippen LogP contribution in [0.2, 0.25) is 0 Å². The fourth-order valence-electron chi connectivity index (χ4n) is 1.47. The first kappa shape index (κ1) is 12.3. The van der Waals surface area contributed by atoms with Crippen LogP contribution >= 0.6 is 0 Å². The molecule has 0 radical (unpaired) electrons. The third-order valence-corrected chi connectivity index (χ3v) is 2.41. The number of nitriles is 1. The van der Waals surface area contributed by atoms with E-state index in [9.17, 15) is 4.79 Å². The summed E-state index contributed by atoms with van der Waals surface area (Å²) in [5.41, 5.74) is 7.11. The van der Waals surface area contributed by atoms with Crippen LogP contribution in [0, 0.1) is 11.3 Å². The zero-order chi connectivity index (χ0) is 12.0. The van der Waals surface area contributed by atoms with Crippen molar-refractivity contribution in [1.29, 1.82) is 5.26 Å². The number of rotatable bonds is 4. The second-order valence-corrected chi connectivity index (χ2v) is 3.72. The molecule has 0 aromatic heterocycles. The van der Waals surface area contributed by atoms with Gasteiger partial charge in [0.05, 0.1) is 6.61 Å². The summed E-state index contributed by atoms with van der Waals surface area (Å²) in [5, 5.41) is 8.92. The molecule has 0 aliphatic heterocycles. The summed E-state index contributed by atoms with van der Waals surface area (Å²) in [5.74, 6) is -0.531. The number of allylic oxidation sites excluding steroid dienone is 3. The van der Waals surface area contributed by atoms with Gasteiger partial charge in [0.2, 0.25) is 0 Å². The number of hydrogen-bond donors (Lipinski definition) is 1. The predicted octanol–water partition coefficient (Wildman–Crippen LogP) is 1.79. The quantitative estimate of drug-likeness (QED) is 0.339. The van der Waals surface area contributed by atoms with Gasteiger partial charge in [0.1, 0.15) is 11.6 Å². The number of nitrogens with two attached hydrogens (primary N) is 1. The Morgan fingerprint density at radius 1 is 1.62 bits per heavy atom. The lowest BCUT2D eigenvalue weighted by Gasteiger charge is -2.03. The van der Waals surface area contributed by atoms with E-state index >= 15 is 0 Å². The SMILES string of the molecule is CCCCOC(=O)/C(C#N)=C1/C=C(N)CC1. The molecule has 2 N–H and O–H groups in total. The van der Waals surface area contributed by atoms with E-state index in [0.29, 0.717) is 30.7 Å². The van der Waals surface area contributed by atoms with Gasteiger partial charge in [0.25, 0.3) is 0 Å². The first-order valence-electron chi connectivity index (χ1n) is 5.45. The van der Waals surface area contributed by atoms with Gasteiger partial charge in [0, 0.05) is 5.70 Å². The average molecular weight is 220 g/mol. The third-order valence-electron chi connectivity index (χ3n) is 2.41. The smallest absolute Gasteiger partial charge is 0.349 e. The Morgan fingerprint density at radius 3 is 2.88 bits per heavy atom. The average Bonchev–Trinajstić information content (AvgIpc) is 2.66. The van der Waals surface area contributed by atoms with Gasteiger partial charge in [0.15, 0.2) is 0 Å². The van der Waals surface area contributed by atoms with Crippen molar-refractivity contribution in [3.8, 4) is 6.07 Å². The Bertz CT molecular complexity index is 375. The molecule has 0 atom stereocenters. The molecule has 1 aliphatic rings. The van der Waals surface area contributed by atoms with Crippen LogP contribution in [-0.2, 0) is 9.53 Å². The number of hydrogen-bond acceptors (Lipinski definition) is 4. The molecule has 0 bridgehead atoms. The monoisotopic (exact) mass is 220 g/mol. The van der Waals surface area contributed by atoms with E-state index in [2.05, 4.69) is 0 Å². The summed E-state index contributed by atoms with van der Waals surface area (Å²) in [7, 11) is 0. The third kappa shape index (κ3) is 3.13. The van der Waals surface area contributed by atoms with E-state index in [1.165, 1.54) is 0 Å². The van der Waals surface area contributed by atoms with Crippen molar-refractivity contribution < 1.29 is 9.53 Å². The van der Waals surface area contributed by atoms with E-state index in [-0.39, 0.29) is 5.57 Å². The molecule has 0 unspecified atom stereocenters. The summed E-state index contributed by atoms with van der Waals surface area (Å²) in [6.07, 6.45) is 4.83. The largest absolute Gasteiger partial charge is 0.462 e. The van der Waals surface area contributed by atoms with Crippen molar-refractivity contribution in [3.05, 3.63) is 22.9 Å². The van der Waals surface area contributed by atoms with Crippen molar-refractivity contribution in [2.45, 2.75) is 32.6 Å². The number of ether oxygens (including phenoxy) is 1. The van der Waals surface area contributed by atoms with Crippen LogP contribution in [0.15, 0.2) is 22.9 Å². The van der Waals surface area contributed by atoms with Crippen LogP contribution in [-0.4, -0.2) is 12.6 Å². The normalized spacial score (nSPS) is 17.6. The lowest BCUT2D eigenvalue weighted by atomic mass is 10.1. The molecule has 0 amide bonds. The topological polar surface area (TPSA) is 76.1 Å². The van der Waals surface area contributed by atoms with Gasteiger partial charge in [-0.2, -0.15) is 5.26 Å². The highest BCUT2D eigenvalue weighted by atomic mass is 16.5. The standard InChI is InChI=1S/C12H16N2O2/c1-2-3-6-16-12(15)11(8-13)9-4-5-10(14)7-9/h7H,2-6,14H2,1H3/b11-9+. The molecule has 1 rings (SSSR count). The molecule has 16 heavy (non-hydrogen) atoms. The van der Waals surface area contributed by atoms with Crippen LogP contribution in [0.5, 0.6) is 0 Å². The molecular weight excluding hydrogens is 204 g/mol. The van der Waals surface area contributed by atoms with Gasteiger partial charge in [-0.05, 0) is 30.9 Å². The van der Waals surface area contributed by atoms with Gasteiger partial charge >= 0.3 is 5.97 Å². The maximum Gasteiger partial charge on any atom is 0.349 e. The van der Waals surface area contributed by atoms with Crippen molar-refractivity contribution in [2.24, 2.45) is 5.73 Å². The highest BCUT2D eigenvalue weighted by Gasteiger charge is 2.18. The minimum absolute atomic E-state index is 0.0940. The molecule has 0 aromatic rings. The Morgan fingerprint density at radius 2 is 2.38 bits per heavy atom. The predicted molar refractivity (Wildman–Crippen MR) is 60.0 cm³/mol. The van der Waals surface area contributed by atoms with Gasteiger partial charge in [-0.15, -0.1) is 0 Å². The summed E-state index contributed by atoms with van der Waals surface area (Å²) in [6.45, 7) is 2.38. The summed E-state index contributed by atoms with van der Waals surface area (Å²) in [6, 6.07) is 1.90. The lowest BCUT2D eigenvalue weighted by Crippen LogP contribution is -2.09. The zero-order valence-corrected chi connectivity index (χ0v) is 9.45. The molecule has 4 nitrogen and oxygen atoms in total. The van der Waals surface area contributed by atoms with Crippen molar-refractivity contribution in [3.63, 3.8) is 0 Å². The van der Waals surface area contributed by atoms with Gasteiger partial charge in [-0.3, -0.25) is 0 Å². The number of esters is 1. The zero-order valence-electron chi connectivity index (χ0n) is 9.45. The summed E-state index contributed by atoms with van der Waals surface area (Å²) >= 11 is 0. The molecule has 86 valence electrons. The molecule has 0 aromatic carbocycles. The molecule has 0 saturated carbocycles. The Kier molecular flexibility index (Phi) is 4.59. The van der Waals surface area contributed by atoms with Crippen LogP contribution in [0.1, 0.15) is 32.6 Å². The van der Waals surface area contributed by atoms with Gasteiger partial charge in [-0.1, -0.05) is 13.3 Å². The van der Waals surface area contributed by atoms with Crippen LogP contribution in [0.25, 0.3) is 0 Å². The molecule has 0 fully saturated rings. The molecule has 0 spiro atoms. The van der Waals surface area contributed by atoms with Crippen LogP contribution < -0.4 is 5.73 Å². The highest BCUT2D eigenvalue weighted by molar-refractivity contribution is 5.94. The number of carbonyl (C=O) groups excluding carboxylic acids is 1. The highest BCUT2D eigenvalue weighted by Crippen LogP contribution is 2.23. The van der Waals surface area contributed by atoms with E-state index in [4.69, 9.17) is 15.7 Å². The Hall–Kier alpha value is -1.76. The maximum absolute atomic E-state index is 11.6. The van der Waals surface area contributed by atoms with Crippen LogP contribution in [0.3, 0.4) is 0 Å². The number of nitrogens with zero attached hydrogens (tertiary/aromatic N) is 1. The molecular formula is C12H16N2O2. The fourth-order valence-corrected chi connectivity index (χ4v) is 1.47. The summed E-state index contributed by atoms with van der Waals surface area (Å²) in [4.78, 5) is 11.6. The minimum Gasteiger partial charge on any atom is -0.462 e. The molecule has 0 heterocycles. The van der Waals surface area contributed by atoms with Crippen LogP contribution in [0.4, 0.5) is 0 Å². The van der Waals surface area contributed by atoms with E-state index in [0.717, 1.165) is 12.8 Å². The number of carbonyl (C=O) groups is 1. The first-order chi connectivity index (χ1) is 7.69. The minimum atomic E-state index is -0.531.